The largest absolute Gasteiger partial charge is 0.383 e. The first-order valence-corrected chi connectivity index (χ1v) is 5.88. The number of carbonyl (C=O) groups is 2. The lowest BCUT2D eigenvalue weighted by Gasteiger charge is -2.14. The molecule has 2 rings (SSSR count). The first-order valence-electron chi connectivity index (χ1n) is 5.88. The molecule has 90 valence electrons. The van der Waals surface area contributed by atoms with Gasteiger partial charge in [-0.05, 0) is 31.5 Å². The molecule has 0 aliphatic carbocycles. The van der Waals surface area contributed by atoms with Gasteiger partial charge in [0.15, 0.2) is 0 Å². The molecule has 17 heavy (non-hydrogen) atoms. The summed E-state index contributed by atoms with van der Waals surface area (Å²) < 4.78 is 0. The van der Waals surface area contributed by atoms with Gasteiger partial charge in [0.05, 0.1) is 11.1 Å². The van der Waals surface area contributed by atoms with Crippen molar-refractivity contribution in [3.8, 4) is 0 Å². The molecule has 0 bridgehead atoms. The minimum absolute atomic E-state index is 0.307. The van der Waals surface area contributed by atoms with Gasteiger partial charge >= 0.3 is 0 Å². The summed E-state index contributed by atoms with van der Waals surface area (Å²) in [4.78, 5) is 22.8. The van der Waals surface area contributed by atoms with Crippen LogP contribution in [0.25, 0.3) is 0 Å². The maximum absolute atomic E-state index is 11.5. The van der Waals surface area contributed by atoms with Gasteiger partial charge in [-0.1, -0.05) is 13.3 Å². The quantitative estimate of drug-likeness (QED) is 0.782. The average molecular weight is 232 g/mol. The van der Waals surface area contributed by atoms with E-state index in [4.69, 9.17) is 0 Å². The number of imide groups is 1. The van der Waals surface area contributed by atoms with E-state index in [1.54, 1.807) is 12.1 Å². The van der Waals surface area contributed by atoms with E-state index in [2.05, 4.69) is 24.5 Å². The molecule has 1 heterocycles. The molecule has 0 spiro atoms. The summed E-state index contributed by atoms with van der Waals surface area (Å²) >= 11 is 0. The third-order valence-electron chi connectivity index (χ3n) is 2.87. The minimum Gasteiger partial charge on any atom is -0.383 e. The predicted molar refractivity (Wildman–Crippen MR) is 66.2 cm³/mol. The second-order valence-electron chi connectivity index (χ2n) is 4.38. The van der Waals surface area contributed by atoms with Crippen LogP contribution < -0.4 is 10.6 Å². The summed E-state index contributed by atoms with van der Waals surface area (Å²) in [5.41, 5.74) is 1.81. The third kappa shape index (κ3) is 2.30. The zero-order valence-corrected chi connectivity index (χ0v) is 10.0. The van der Waals surface area contributed by atoms with Gasteiger partial charge in [-0.3, -0.25) is 14.9 Å². The summed E-state index contributed by atoms with van der Waals surface area (Å²) in [5.74, 6) is -0.616. The number of hydrogen-bond donors (Lipinski definition) is 2. The second-order valence-corrected chi connectivity index (χ2v) is 4.38. The Balaban J connectivity index is 2.20. The number of anilines is 1. The first-order chi connectivity index (χ1) is 8.11. The molecule has 1 aliphatic heterocycles. The molecule has 1 unspecified atom stereocenters. The zero-order chi connectivity index (χ0) is 12.4. The van der Waals surface area contributed by atoms with E-state index in [0.717, 1.165) is 18.5 Å². The molecule has 0 radical (unpaired) electrons. The van der Waals surface area contributed by atoms with E-state index in [0.29, 0.717) is 17.2 Å². The van der Waals surface area contributed by atoms with Crippen molar-refractivity contribution >= 4 is 17.5 Å². The highest BCUT2D eigenvalue weighted by molar-refractivity contribution is 6.21. The SMILES string of the molecule is CCCC(C)Nc1ccc2c(c1)C(=O)NC2=O. The van der Waals surface area contributed by atoms with Crippen LogP contribution in [0.15, 0.2) is 18.2 Å². The lowest BCUT2D eigenvalue weighted by atomic mass is 10.1. The van der Waals surface area contributed by atoms with Crippen LogP contribution in [0.5, 0.6) is 0 Å². The normalized spacial score (nSPS) is 15.4. The number of nitrogens with one attached hydrogen (secondary N) is 2. The maximum Gasteiger partial charge on any atom is 0.259 e. The van der Waals surface area contributed by atoms with Crippen molar-refractivity contribution in [2.45, 2.75) is 32.7 Å². The van der Waals surface area contributed by atoms with Crippen LogP contribution in [0.1, 0.15) is 47.4 Å². The van der Waals surface area contributed by atoms with Crippen LogP contribution in [-0.4, -0.2) is 17.9 Å². The standard InChI is InChI=1S/C13H16N2O2/c1-3-4-8(2)14-9-5-6-10-11(7-9)13(17)15-12(10)16/h5-8,14H,3-4H2,1-2H3,(H,15,16,17). The van der Waals surface area contributed by atoms with Crippen LogP contribution in [0.3, 0.4) is 0 Å². The molecule has 4 nitrogen and oxygen atoms in total. The minimum atomic E-state index is -0.309. The van der Waals surface area contributed by atoms with Crippen LogP contribution in [0.2, 0.25) is 0 Å². The van der Waals surface area contributed by atoms with Crippen molar-refractivity contribution in [3.63, 3.8) is 0 Å². The van der Waals surface area contributed by atoms with Gasteiger partial charge in [-0.25, -0.2) is 0 Å². The van der Waals surface area contributed by atoms with Gasteiger partial charge < -0.3 is 5.32 Å². The maximum atomic E-state index is 11.5. The van der Waals surface area contributed by atoms with Crippen molar-refractivity contribution in [1.82, 2.24) is 5.32 Å². The van der Waals surface area contributed by atoms with E-state index in [9.17, 15) is 9.59 Å². The Kier molecular flexibility index (Phi) is 3.13. The number of fused-ring (bicyclic) bond motifs is 1. The summed E-state index contributed by atoms with van der Waals surface area (Å²) in [6, 6.07) is 5.62. The number of benzene rings is 1. The Bertz CT molecular complexity index is 468. The van der Waals surface area contributed by atoms with E-state index in [1.165, 1.54) is 0 Å². The molecule has 2 amide bonds. The number of hydrogen-bond acceptors (Lipinski definition) is 3. The molecule has 0 saturated carbocycles. The van der Waals surface area contributed by atoms with E-state index in [-0.39, 0.29) is 11.8 Å². The Labute approximate surface area is 100 Å². The molecule has 0 saturated heterocycles. The van der Waals surface area contributed by atoms with Crippen molar-refractivity contribution in [2.75, 3.05) is 5.32 Å². The third-order valence-corrected chi connectivity index (χ3v) is 2.87. The first kappa shape index (κ1) is 11.6. The topological polar surface area (TPSA) is 58.2 Å². The van der Waals surface area contributed by atoms with Crippen molar-refractivity contribution in [2.24, 2.45) is 0 Å². The average Bonchev–Trinajstić information content (AvgIpc) is 2.55. The lowest BCUT2D eigenvalue weighted by molar-refractivity contribution is 0.0879. The number of carbonyl (C=O) groups excluding carboxylic acids is 2. The Hall–Kier alpha value is -1.84. The number of amides is 2. The highest BCUT2D eigenvalue weighted by Gasteiger charge is 2.26. The van der Waals surface area contributed by atoms with E-state index in [1.807, 2.05) is 6.07 Å². The zero-order valence-electron chi connectivity index (χ0n) is 10.0. The van der Waals surface area contributed by atoms with Crippen molar-refractivity contribution in [3.05, 3.63) is 29.3 Å². The number of rotatable bonds is 4. The molecule has 1 aliphatic rings. The Morgan fingerprint density at radius 2 is 1.94 bits per heavy atom. The van der Waals surface area contributed by atoms with Gasteiger partial charge in [0, 0.05) is 11.7 Å². The fourth-order valence-corrected chi connectivity index (χ4v) is 2.05. The molecule has 0 fully saturated rings. The fourth-order valence-electron chi connectivity index (χ4n) is 2.05. The van der Waals surface area contributed by atoms with Gasteiger partial charge in [0.25, 0.3) is 11.8 Å². The molecule has 1 atom stereocenters. The molecular weight excluding hydrogens is 216 g/mol. The second kappa shape index (κ2) is 4.57. The molecule has 2 N–H and O–H groups in total. The van der Waals surface area contributed by atoms with Crippen LogP contribution >= 0.6 is 0 Å². The van der Waals surface area contributed by atoms with Crippen molar-refractivity contribution in [1.29, 1.82) is 0 Å². The van der Waals surface area contributed by atoms with Crippen LogP contribution in [-0.2, 0) is 0 Å². The summed E-state index contributed by atoms with van der Waals surface area (Å²) in [6.45, 7) is 4.23. The van der Waals surface area contributed by atoms with Crippen LogP contribution in [0.4, 0.5) is 5.69 Å². The predicted octanol–water partition coefficient (Wildman–Crippen LogP) is 2.17. The molecule has 1 aromatic carbocycles. The summed E-state index contributed by atoms with van der Waals surface area (Å²) in [6.07, 6.45) is 2.18. The molecule has 0 aromatic heterocycles. The summed E-state index contributed by atoms with van der Waals surface area (Å²) in [5, 5.41) is 5.60. The van der Waals surface area contributed by atoms with Gasteiger partial charge in [-0.2, -0.15) is 0 Å². The molecule has 4 heteroatoms. The highest BCUT2D eigenvalue weighted by Crippen LogP contribution is 2.21. The van der Waals surface area contributed by atoms with Crippen molar-refractivity contribution < 1.29 is 9.59 Å². The van der Waals surface area contributed by atoms with Gasteiger partial charge in [0.1, 0.15) is 0 Å². The van der Waals surface area contributed by atoms with E-state index >= 15 is 0 Å². The monoisotopic (exact) mass is 232 g/mol. The fraction of sp³-hybridized carbons (Fsp3) is 0.385. The highest BCUT2D eigenvalue weighted by atomic mass is 16.2. The van der Waals surface area contributed by atoms with E-state index < -0.39 is 0 Å². The van der Waals surface area contributed by atoms with Gasteiger partial charge in [-0.15, -0.1) is 0 Å². The lowest BCUT2D eigenvalue weighted by Crippen LogP contribution is -2.19. The smallest absolute Gasteiger partial charge is 0.259 e. The Morgan fingerprint density at radius 1 is 1.24 bits per heavy atom. The Morgan fingerprint density at radius 3 is 2.65 bits per heavy atom. The van der Waals surface area contributed by atoms with Gasteiger partial charge in [0.2, 0.25) is 0 Å². The molecular formula is C13H16N2O2. The van der Waals surface area contributed by atoms with Crippen LogP contribution in [0, 0.1) is 0 Å². The summed E-state index contributed by atoms with van der Waals surface area (Å²) in [7, 11) is 0. The molecule has 1 aromatic rings.